The Morgan fingerprint density at radius 2 is 1.83 bits per heavy atom. The summed E-state index contributed by atoms with van der Waals surface area (Å²) in [6.45, 7) is 7.75. The van der Waals surface area contributed by atoms with Crippen molar-refractivity contribution in [2.45, 2.75) is 39.7 Å². The molecule has 3 aromatic rings. The van der Waals surface area contributed by atoms with Crippen molar-refractivity contribution >= 4 is 17.4 Å². The molecule has 2 heterocycles. The highest BCUT2D eigenvalue weighted by atomic mass is 16.2. The van der Waals surface area contributed by atoms with Crippen LogP contribution in [-0.4, -0.2) is 27.3 Å². The first-order chi connectivity index (χ1) is 14.0. The Labute approximate surface area is 171 Å². The summed E-state index contributed by atoms with van der Waals surface area (Å²) >= 11 is 0. The first kappa shape index (κ1) is 19.1. The van der Waals surface area contributed by atoms with Crippen molar-refractivity contribution in [1.82, 2.24) is 14.9 Å². The van der Waals surface area contributed by atoms with Crippen LogP contribution in [-0.2, 0) is 13.0 Å². The molecule has 0 aliphatic carbocycles. The third-order valence-corrected chi connectivity index (χ3v) is 5.47. The second-order valence-electron chi connectivity index (χ2n) is 7.85. The Morgan fingerprint density at radius 1 is 1.03 bits per heavy atom. The van der Waals surface area contributed by atoms with Gasteiger partial charge in [0.1, 0.15) is 11.5 Å². The summed E-state index contributed by atoms with van der Waals surface area (Å²) in [4.78, 5) is 23.6. The average Bonchev–Trinajstić information content (AvgIpc) is 2.74. The van der Waals surface area contributed by atoms with Gasteiger partial charge in [0.15, 0.2) is 0 Å². The molecule has 5 heteroatoms. The number of aromatic nitrogens is 2. The summed E-state index contributed by atoms with van der Waals surface area (Å²) in [5.41, 5.74) is 6.36. The fourth-order valence-corrected chi connectivity index (χ4v) is 3.80. The SMILES string of the molecule is Cc1cccc(C(C)C)c1Nc1cnc(C(=O)N2CCc3ccccc3C2)cn1. The van der Waals surface area contributed by atoms with Gasteiger partial charge in [0.25, 0.3) is 5.91 Å². The van der Waals surface area contributed by atoms with Crippen LogP contribution in [0.4, 0.5) is 11.5 Å². The van der Waals surface area contributed by atoms with Crippen LogP contribution < -0.4 is 5.32 Å². The molecule has 0 saturated carbocycles. The zero-order valence-electron chi connectivity index (χ0n) is 17.1. The van der Waals surface area contributed by atoms with Crippen LogP contribution in [0.25, 0.3) is 0 Å². The van der Waals surface area contributed by atoms with Crippen molar-refractivity contribution < 1.29 is 4.79 Å². The quantitative estimate of drug-likeness (QED) is 0.696. The Bertz CT molecular complexity index is 1030. The van der Waals surface area contributed by atoms with Gasteiger partial charge in [0, 0.05) is 18.8 Å². The first-order valence-corrected chi connectivity index (χ1v) is 10.1. The molecule has 2 aromatic carbocycles. The predicted molar refractivity (Wildman–Crippen MR) is 115 cm³/mol. The molecular weight excluding hydrogens is 360 g/mol. The summed E-state index contributed by atoms with van der Waals surface area (Å²) < 4.78 is 0. The van der Waals surface area contributed by atoms with E-state index in [-0.39, 0.29) is 5.91 Å². The number of rotatable bonds is 4. The van der Waals surface area contributed by atoms with Crippen LogP contribution >= 0.6 is 0 Å². The number of fused-ring (bicyclic) bond motifs is 1. The minimum absolute atomic E-state index is 0.0719. The minimum Gasteiger partial charge on any atom is -0.338 e. The standard InChI is InChI=1S/C24H26N4O/c1-16(2)20-10-6-7-17(3)23(20)27-22-14-25-21(13-26-22)24(29)28-12-11-18-8-4-5-9-19(18)15-28/h4-10,13-14,16H,11-12,15H2,1-3H3,(H,26,27). The molecular formula is C24H26N4O. The largest absolute Gasteiger partial charge is 0.338 e. The van der Waals surface area contributed by atoms with Gasteiger partial charge in [-0.1, -0.05) is 56.3 Å². The van der Waals surface area contributed by atoms with Crippen LogP contribution in [0.2, 0.25) is 0 Å². The van der Waals surface area contributed by atoms with E-state index >= 15 is 0 Å². The summed E-state index contributed by atoms with van der Waals surface area (Å²) in [7, 11) is 0. The maximum atomic E-state index is 12.9. The third-order valence-electron chi connectivity index (χ3n) is 5.47. The predicted octanol–water partition coefficient (Wildman–Crippen LogP) is 4.85. The van der Waals surface area contributed by atoms with E-state index in [9.17, 15) is 4.79 Å². The van der Waals surface area contributed by atoms with E-state index in [0.717, 1.165) is 17.7 Å². The lowest BCUT2D eigenvalue weighted by Crippen LogP contribution is -2.36. The highest BCUT2D eigenvalue weighted by Gasteiger charge is 2.22. The normalized spacial score (nSPS) is 13.3. The number of benzene rings is 2. The van der Waals surface area contributed by atoms with Crippen molar-refractivity contribution in [3.8, 4) is 0 Å². The molecule has 0 saturated heterocycles. The lowest BCUT2D eigenvalue weighted by Gasteiger charge is -2.28. The van der Waals surface area contributed by atoms with Gasteiger partial charge in [-0.05, 0) is 41.5 Å². The molecule has 0 spiro atoms. The van der Waals surface area contributed by atoms with E-state index in [2.05, 4.69) is 66.4 Å². The molecule has 1 aliphatic heterocycles. The molecule has 5 nitrogen and oxygen atoms in total. The van der Waals surface area contributed by atoms with E-state index in [1.54, 1.807) is 12.4 Å². The van der Waals surface area contributed by atoms with E-state index in [1.165, 1.54) is 16.7 Å². The van der Waals surface area contributed by atoms with Crippen molar-refractivity contribution in [1.29, 1.82) is 0 Å². The number of carbonyl (C=O) groups excluding carboxylic acids is 1. The highest BCUT2D eigenvalue weighted by Crippen LogP contribution is 2.29. The smallest absolute Gasteiger partial charge is 0.274 e. The third kappa shape index (κ3) is 3.99. The molecule has 1 amide bonds. The van der Waals surface area contributed by atoms with Crippen molar-refractivity contribution in [3.63, 3.8) is 0 Å². The zero-order chi connectivity index (χ0) is 20.4. The summed E-state index contributed by atoms with van der Waals surface area (Å²) in [6, 6.07) is 14.6. The van der Waals surface area contributed by atoms with Gasteiger partial charge in [-0.2, -0.15) is 0 Å². The lowest BCUT2D eigenvalue weighted by molar-refractivity contribution is 0.0728. The van der Waals surface area contributed by atoms with Gasteiger partial charge in [0.05, 0.1) is 12.4 Å². The van der Waals surface area contributed by atoms with E-state index in [4.69, 9.17) is 0 Å². The molecule has 0 radical (unpaired) electrons. The van der Waals surface area contributed by atoms with Gasteiger partial charge < -0.3 is 10.2 Å². The molecule has 1 aliphatic rings. The maximum absolute atomic E-state index is 12.9. The van der Waals surface area contributed by atoms with Gasteiger partial charge in [-0.25, -0.2) is 9.97 Å². The Morgan fingerprint density at radius 3 is 2.55 bits per heavy atom. The van der Waals surface area contributed by atoms with Crippen molar-refractivity contribution in [3.05, 3.63) is 82.8 Å². The number of nitrogens with one attached hydrogen (secondary N) is 1. The minimum atomic E-state index is -0.0719. The monoisotopic (exact) mass is 386 g/mol. The number of aryl methyl sites for hydroxylation is 1. The summed E-state index contributed by atoms with van der Waals surface area (Å²) in [6.07, 6.45) is 4.08. The number of carbonyl (C=O) groups is 1. The van der Waals surface area contributed by atoms with E-state index in [0.29, 0.717) is 30.5 Å². The molecule has 148 valence electrons. The lowest BCUT2D eigenvalue weighted by atomic mass is 9.98. The number of hydrogen-bond donors (Lipinski definition) is 1. The second kappa shape index (κ2) is 8.03. The summed E-state index contributed by atoms with van der Waals surface area (Å²) in [5.74, 6) is 0.965. The van der Waals surface area contributed by atoms with Crippen LogP contribution in [0.15, 0.2) is 54.9 Å². The number of nitrogens with zero attached hydrogens (tertiary/aromatic N) is 3. The molecule has 1 N–H and O–H groups in total. The van der Waals surface area contributed by atoms with Gasteiger partial charge in [0.2, 0.25) is 0 Å². The molecule has 29 heavy (non-hydrogen) atoms. The fourth-order valence-electron chi connectivity index (χ4n) is 3.80. The number of anilines is 2. The topological polar surface area (TPSA) is 58.1 Å². The fraction of sp³-hybridized carbons (Fsp3) is 0.292. The van der Waals surface area contributed by atoms with E-state index in [1.807, 2.05) is 17.0 Å². The molecule has 1 aromatic heterocycles. The Kier molecular flexibility index (Phi) is 5.30. The molecule has 0 bridgehead atoms. The van der Waals surface area contributed by atoms with Gasteiger partial charge in [-0.15, -0.1) is 0 Å². The number of hydrogen-bond acceptors (Lipinski definition) is 4. The van der Waals surface area contributed by atoms with Gasteiger partial charge >= 0.3 is 0 Å². The first-order valence-electron chi connectivity index (χ1n) is 10.1. The molecule has 0 unspecified atom stereocenters. The maximum Gasteiger partial charge on any atom is 0.274 e. The van der Waals surface area contributed by atoms with E-state index < -0.39 is 0 Å². The summed E-state index contributed by atoms with van der Waals surface area (Å²) in [5, 5.41) is 3.38. The van der Waals surface area contributed by atoms with Crippen molar-refractivity contribution in [2.24, 2.45) is 0 Å². The zero-order valence-corrected chi connectivity index (χ0v) is 17.1. The second-order valence-corrected chi connectivity index (χ2v) is 7.85. The number of para-hydroxylation sites is 1. The highest BCUT2D eigenvalue weighted by molar-refractivity contribution is 5.92. The van der Waals surface area contributed by atoms with Crippen molar-refractivity contribution in [2.75, 3.05) is 11.9 Å². The van der Waals surface area contributed by atoms with Crippen LogP contribution in [0, 0.1) is 6.92 Å². The molecule has 0 fully saturated rings. The number of amides is 1. The molecule has 4 rings (SSSR count). The van der Waals surface area contributed by atoms with Crippen LogP contribution in [0.3, 0.4) is 0 Å². The Balaban J connectivity index is 1.50. The Hall–Kier alpha value is -3.21. The molecule has 0 atom stereocenters. The average molecular weight is 386 g/mol. The van der Waals surface area contributed by atoms with Gasteiger partial charge in [-0.3, -0.25) is 4.79 Å². The van der Waals surface area contributed by atoms with Crippen LogP contribution in [0.5, 0.6) is 0 Å². The van der Waals surface area contributed by atoms with Crippen LogP contribution in [0.1, 0.15) is 52.5 Å².